The molecule has 7 heteroatoms. The van der Waals surface area contributed by atoms with E-state index in [1.807, 2.05) is 4.90 Å². The predicted molar refractivity (Wildman–Crippen MR) is 76.0 cm³/mol. The average Bonchev–Trinajstić information content (AvgIpc) is 2.86. The maximum atomic E-state index is 13.6. The average molecular weight is 301 g/mol. The monoisotopic (exact) mass is 301 g/mol. The van der Waals surface area contributed by atoms with Gasteiger partial charge in [-0.15, -0.1) is 0 Å². The number of halogens is 1. The third kappa shape index (κ3) is 4.06. The van der Waals surface area contributed by atoms with Crippen molar-refractivity contribution in [3.05, 3.63) is 0 Å². The van der Waals surface area contributed by atoms with Gasteiger partial charge < -0.3 is 10.0 Å². The van der Waals surface area contributed by atoms with Gasteiger partial charge in [-0.3, -0.25) is 14.6 Å². The summed E-state index contributed by atoms with van der Waals surface area (Å²) in [6.07, 6.45) is 0.311. The smallest absolute Gasteiger partial charge is 0.407 e. The number of carboxylic acid groups (broad SMARTS) is 1. The minimum absolute atomic E-state index is 0.103. The van der Waals surface area contributed by atoms with E-state index in [9.17, 15) is 14.0 Å². The number of alkyl halides is 1. The van der Waals surface area contributed by atoms with Crippen LogP contribution >= 0.6 is 0 Å². The molecule has 2 aliphatic heterocycles. The van der Waals surface area contributed by atoms with Gasteiger partial charge in [-0.25, -0.2) is 9.18 Å². The van der Waals surface area contributed by atoms with Crippen LogP contribution in [0.15, 0.2) is 0 Å². The predicted octanol–water partition coefficient (Wildman–Crippen LogP) is 1.02. The highest BCUT2D eigenvalue weighted by molar-refractivity contribution is 5.86. The quantitative estimate of drug-likeness (QED) is 0.845. The largest absolute Gasteiger partial charge is 0.465 e. The zero-order valence-corrected chi connectivity index (χ0v) is 12.7. The highest BCUT2D eigenvalue weighted by Gasteiger charge is 2.37. The molecule has 0 aromatic rings. The fourth-order valence-electron chi connectivity index (χ4n) is 3.12. The molecule has 1 atom stereocenters. The van der Waals surface area contributed by atoms with Crippen LogP contribution in [0, 0.1) is 0 Å². The number of hydrogen-bond acceptors (Lipinski definition) is 3. The summed E-state index contributed by atoms with van der Waals surface area (Å²) >= 11 is 0. The molecule has 0 aromatic heterocycles. The Hall–Kier alpha value is -1.37. The number of piperazine rings is 1. The van der Waals surface area contributed by atoms with Crippen LogP contribution in [-0.2, 0) is 4.79 Å². The Morgan fingerprint density at radius 1 is 1.19 bits per heavy atom. The third-order valence-corrected chi connectivity index (χ3v) is 4.07. The van der Waals surface area contributed by atoms with Crippen molar-refractivity contribution in [2.24, 2.45) is 0 Å². The van der Waals surface area contributed by atoms with Gasteiger partial charge in [0.05, 0.1) is 0 Å². The van der Waals surface area contributed by atoms with Crippen LogP contribution in [0.5, 0.6) is 0 Å². The lowest BCUT2D eigenvalue weighted by Gasteiger charge is -2.38. The molecule has 0 radical (unpaired) electrons. The van der Waals surface area contributed by atoms with Crippen LogP contribution in [0.3, 0.4) is 0 Å². The van der Waals surface area contributed by atoms with Crippen LogP contribution in [0.25, 0.3) is 0 Å². The summed E-state index contributed by atoms with van der Waals surface area (Å²) in [5.41, 5.74) is -1.24. The highest BCUT2D eigenvalue weighted by atomic mass is 19.1. The summed E-state index contributed by atoms with van der Waals surface area (Å²) in [4.78, 5) is 28.5. The Morgan fingerprint density at radius 2 is 1.81 bits per heavy atom. The van der Waals surface area contributed by atoms with Gasteiger partial charge in [0, 0.05) is 39.3 Å². The lowest BCUT2D eigenvalue weighted by Crippen LogP contribution is -2.55. The maximum absolute atomic E-state index is 13.6. The van der Waals surface area contributed by atoms with Gasteiger partial charge >= 0.3 is 6.09 Å². The Kier molecular flexibility index (Phi) is 4.70. The molecule has 2 heterocycles. The van der Waals surface area contributed by atoms with Crippen molar-refractivity contribution in [3.8, 4) is 0 Å². The number of carbonyl (C=O) groups is 2. The number of carbonyl (C=O) groups excluding carboxylic acids is 1. The molecule has 0 aromatic carbocycles. The van der Waals surface area contributed by atoms with Crippen molar-refractivity contribution in [3.63, 3.8) is 0 Å². The Labute approximate surface area is 124 Å². The van der Waals surface area contributed by atoms with E-state index >= 15 is 0 Å². The fourth-order valence-corrected chi connectivity index (χ4v) is 3.12. The first kappa shape index (κ1) is 16.0. The van der Waals surface area contributed by atoms with Crippen molar-refractivity contribution < 1.29 is 19.1 Å². The van der Waals surface area contributed by atoms with E-state index in [2.05, 4.69) is 0 Å². The number of amides is 2. The highest BCUT2D eigenvalue weighted by Crippen LogP contribution is 2.20. The third-order valence-electron chi connectivity index (χ3n) is 4.07. The first-order valence-electron chi connectivity index (χ1n) is 7.47. The summed E-state index contributed by atoms with van der Waals surface area (Å²) in [6, 6.07) is -0.535. The zero-order valence-electron chi connectivity index (χ0n) is 12.7. The summed E-state index contributed by atoms with van der Waals surface area (Å²) in [6.45, 7) is 6.25. The van der Waals surface area contributed by atoms with Crippen LogP contribution in [-0.4, -0.2) is 82.8 Å². The Balaban J connectivity index is 1.87. The minimum atomic E-state index is -1.24. The second-order valence-corrected chi connectivity index (χ2v) is 6.45. The van der Waals surface area contributed by atoms with Gasteiger partial charge in [-0.05, 0) is 26.7 Å². The molecule has 2 saturated heterocycles. The van der Waals surface area contributed by atoms with Crippen molar-refractivity contribution in [1.29, 1.82) is 0 Å². The normalized spacial score (nSPS) is 24.4. The summed E-state index contributed by atoms with van der Waals surface area (Å²) in [5.74, 6) is -0.103. The van der Waals surface area contributed by atoms with Crippen LogP contribution < -0.4 is 0 Å². The first-order chi connectivity index (χ1) is 9.78. The van der Waals surface area contributed by atoms with E-state index in [-0.39, 0.29) is 5.91 Å². The van der Waals surface area contributed by atoms with Crippen molar-refractivity contribution in [1.82, 2.24) is 14.7 Å². The second-order valence-electron chi connectivity index (χ2n) is 6.45. The molecule has 2 aliphatic rings. The van der Waals surface area contributed by atoms with Crippen LogP contribution in [0.1, 0.15) is 26.7 Å². The van der Waals surface area contributed by atoms with Crippen molar-refractivity contribution in [2.75, 3.05) is 39.3 Å². The molecule has 2 fully saturated rings. The minimum Gasteiger partial charge on any atom is -0.465 e. The molecule has 0 spiro atoms. The van der Waals surface area contributed by atoms with Gasteiger partial charge in [0.1, 0.15) is 11.7 Å². The van der Waals surface area contributed by atoms with Gasteiger partial charge in [0.2, 0.25) is 5.91 Å². The molecule has 2 rings (SSSR count). The molecular weight excluding hydrogens is 277 g/mol. The molecule has 6 nitrogen and oxygen atoms in total. The maximum Gasteiger partial charge on any atom is 0.407 e. The zero-order chi connectivity index (χ0) is 15.6. The Bertz CT molecular complexity index is 403. The summed E-state index contributed by atoms with van der Waals surface area (Å²) in [5, 5.41) is 9.11. The molecule has 21 heavy (non-hydrogen) atoms. The molecule has 1 N–H and O–H groups in total. The van der Waals surface area contributed by atoms with E-state index in [1.165, 1.54) is 4.90 Å². The molecule has 0 bridgehead atoms. The van der Waals surface area contributed by atoms with E-state index in [0.29, 0.717) is 45.7 Å². The van der Waals surface area contributed by atoms with Gasteiger partial charge in [0.15, 0.2) is 0 Å². The molecule has 0 unspecified atom stereocenters. The Morgan fingerprint density at radius 3 is 2.33 bits per heavy atom. The SMILES string of the molecule is CC(C)(F)CN1CCN(C(=O)[C@@H]2CCCN2C(=O)O)CC1. The van der Waals surface area contributed by atoms with E-state index < -0.39 is 17.8 Å². The second kappa shape index (κ2) is 6.17. The molecule has 0 aliphatic carbocycles. The number of rotatable bonds is 3. The van der Waals surface area contributed by atoms with Gasteiger partial charge in [-0.1, -0.05) is 0 Å². The van der Waals surface area contributed by atoms with Crippen LogP contribution in [0.4, 0.5) is 9.18 Å². The first-order valence-corrected chi connectivity index (χ1v) is 7.47. The topological polar surface area (TPSA) is 64.1 Å². The summed E-state index contributed by atoms with van der Waals surface area (Å²) < 4.78 is 13.6. The van der Waals surface area contributed by atoms with Gasteiger partial charge in [0.25, 0.3) is 0 Å². The van der Waals surface area contributed by atoms with E-state index in [1.54, 1.807) is 18.7 Å². The van der Waals surface area contributed by atoms with Crippen LogP contribution in [0.2, 0.25) is 0 Å². The van der Waals surface area contributed by atoms with E-state index in [0.717, 1.165) is 6.42 Å². The molecule has 2 amide bonds. The lowest BCUT2D eigenvalue weighted by molar-refractivity contribution is -0.137. The van der Waals surface area contributed by atoms with Gasteiger partial charge in [-0.2, -0.15) is 0 Å². The van der Waals surface area contributed by atoms with E-state index in [4.69, 9.17) is 5.11 Å². The van der Waals surface area contributed by atoms with Crippen molar-refractivity contribution >= 4 is 12.0 Å². The standard InChI is InChI=1S/C14H24FN3O3/c1-14(2,15)10-16-6-8-17(9-7-16)12(19)11-4-3-5-18(11)13(20)21/h11H,3-10H2,1-2H3,(H,20,21)/t11-/m0/s1. The molecular formula is C14H24FN3O3. The number of hydrogen-bond donors (Lipinski definition) is 1. The lowest BCUT2D eigenvalue weighted by atomic mass is 10.1. The molecule has 0 saturated carbocycles. The fraction of sp³-hybridized carbons (Fsp3) is 0.857. The molecule has 120 valence electrons. The number of likely N-dealkylation sites (tertiary alicyclic amines) is 1. The van der Waals surface area contributed by atoms with Crippen molar-refractivity contribution in [2.45, 2.75) is 38.4 Å². The summed E-state index contributed by atoms with van der Waals surface area (Å²) in [7, 11) is 0. The number of nitrogens with zero attached hydrogens (tertiary/aromatic N) is 3.